The van der Waals surface area contributed by atoms with Crippen molar-refractivity contribution in [1.29, 1.82) is 0 Å². The molecule has 0 amide bonds. The average Bonchev–Trinajstić information content (AvgIpc) is 3.25. The van der Waals surface area contributed by atoms with Crippen molar-refractivity contribution < 1.29 is 4.79 Å². The number of hydrogen-bond acceptors (Lipinski definition) is 4. The zero-order valence-electron chi connectivity index (χ0n) is 18.3. The molecule has 1 atom stereocenters. The van der Waals surface area contributed by atoms with Gasteiger partial charge in [0.1, 0.15) is 5.82 Å². The van der Waals surface area contributed by atoms with E-state index in [1.807, 2.05) is 59.4 Å². The van der Waals surface area contributed by atoms with Crippen molar-refractivity contribution in [3.63, 3.8) is 0 Å². The molecule has 32 heavy (non-hydrogen) atoms. The van der Waals surface area contributed by atoms with E-state index in [0.29, 0.717) is 12.0 Å². The predicted molar refractivity (Wildman–Crippen MR) is 127 cm³/mol. The summed E-state index contributed by atoms with van der Waals surface area (Å²) in [5.74, 6) is 0.836. The monoisotopic (exact) mass is 422 g/mol. The summed E-state index contributed by atoms with van der Waals surface area (Å²) in [7, 11) is 0. The number of Topliss-reactive ketones (excluding diaryl/α,β-unsaturated/α-hetero) is 1. The number of hydrogen-bond donors (Lipinski definition) is 1. The van der Waals surface area contributed by atoms with E-state index < -0.39 is 0 Å². The molecule has 5 heteroatoms. The van der Waals surface area contributed by atoms with Gasteiger partial charge in [-0.25, -0.2) is 4.68 Å². The summed E-state index contributed by atoms with van der Waals surface area (Å²) in [6.07, 6.45) is 4.68. The highest BCUT2D eigenvalue weighted by Gasteiger charge is 2.37. The molecule has 1 aliphatic rings. The Labute approximate surface area is 188 Å². The lowest BCUT2D eigenvalue weighted by atomic mass is 9.90. The van der Waals surface area contributed by atoms with Crippen LogP contribution in [0.25, 0.3) is 11.1 Å². The van der Waals surface area contributed by atoms with E-state index in [0.717, 1.165) is 34.6 Å². The first-order chi connectivity index (χ1) is 15.5. The van der Waals surface area contributed by atoms with Crippen molar-refractivity contribution in [2.24, 2.45) is 0 Å². The van der Waals surface area contributed by atoms with Crippen LogP contribution in [-0.2, 0) is 12.0 Å². The molecule has 3 heterocycles. The number of rotatable bonds is 5. The van der Waals surface area contributed by atoms with Gasteiger partial charge in [0.05, 0.1) is 29.0 Å². The topological polar surface area (TPSA) is 59.8 Å². The van der Waals surface area contributed by atoms with E-state index in [4.69, 9.17) is 0 Å². The quantitative estimate of drug-likeness (QED) is 0.422. The highest BCUT2D eigenvalue weighted by Crippen LogP contribution is 2.39. The van der Waals surface area contributed by atoms with E-state index in [1.165, 1.54) is 0 Å². The maximum atomic E-state index is 13.3. The fourth-order valence-corrected chi connectivity index (χ4v) is 4.49. The largest absolute Gasteiger partial charge is 0.361 e. The molecule has 0 saturated carbocycles. The molecule has 0 radical (unpaired) electrons. The van der Waals surface area contributed by atoms with Gasteiger partial charge in [-0.05, 0) is 49.1 Å². The lowest BCUT2D eigenvalue weighted by molar-refractivity contribution is 0.0993. The zero-order chi connectivity index (χ0) is 22.1. The molecule has 160 valence electrons. The summed E-state index contributed by atoms with van der Waals surface area (Å²) >= 11 is 0. The smallest absolute Gasteiger partial charge is 0.172 e. The summed E-state index contributed by atoms with van der Waals surface area (Å²) in [6, 6.07) is 24.4. The summed E-state index contributed by atoms with van der Waals surface area (Å²) in [4.78, 5) is 17.9. The SMILES string of the molecule is CC1(C)CC(c2ccccn2)Nc2c(C(=O)Cc3cccc(-c4ccccc4)c3)cnn21. The van der Waals surface area contributed by atoms with Crippen LogP contribution in [0.5, 0.6) is 0 Å². The summed E-state index contributed by atoms with van der Waals surface area (Å²) in [5, 5.41) is 8.12. The standard InChI is InChI=1S/C27H26N4O/c1-27(2)17-24(23-13-6-7-14-28-23)30-26-22(18-29-31(26)27)25(32)16-19-9-8-12-21(15-19)20-10-4-3-5-11-20/h3-15,18,24,30H,16-17H2,1-2H3. The Bertz CT molecular complexity index is 1250. The molecule has 5 nitrogen and oxygen atoms in total. The number of carbonyl (C=O) groups is 1. The molecule has 2 aromatic heterocycles. The number of nitrogens with one attached hydrogen (secondary N) is 1. The molecule has 2 aromatic carbocycles. The summed E-state index contributed by atoms with van der Waals surface area (Å²) < 4.78 is 1.94. The highest BCUT2D eigenvalue weighted by atomic mass is 16.1. The van der Waals surface area contributed by atoms with Gasteiger partial charge >= 0.3 is 0 Å². The van der Waals surface area contributed by atoms with Crippen molar-refractivity contribution in [1.82, 2.24) is 14.8 Å². The van der Waals surface area contributed by atoms with Gasteiger partial charge in [-0.3, -0.25) is 9.78 Å². The lowest BCUT2D eigenvalue weighted by Gasteiger charge is -2.37. The van der Waals surface area contributed by atoms with Gasteiger partial charge in [-0.15, -0.1) is 0 Å². The van der Waals surface area contributed by atoms with Crippen LogP contribution < -0.4 is 5.32 Å². The molecule has 0 saturated heterocycles. The Morgan fingerprint density at radius 1 is 1.03 bits per heavy atom. The van der Waals surface area contributed by atoms with Gasteiger partial charge in [0.2, 0.25) is 0 Å². The molecule has 1 unspecified atom stereocenters. The number of pyridine rings is 1. The number of nitrogens with zero attached hydrogens (tertiary/aromatic N) is 3. The van der Waals surface area contributed by atoms with Crippen LogP contribution in [0.4, 0.5) is 5.82 Å². The molecule has 0 aliphatic carbocycles. The summed E-state index contributed by atoms with van der Waals surface area (Å²) in [6.45, 7) is 4.30. The Kier molecular flexibility index (Phi) is 5.10. The predicted octanol–water partition coefficient (Wildman–Crippen LogP) is 5.66. The first-order valence-corrected chi connectivity index (χ1v) is 10.9. The minimum Gasteiger partial charge on any atom is -0.361 e. The van der Waals surface area contributed by atoms with Gasteiger partial charge in [0.25, 0.3) is 0 Å². The second-order valence-electron chi connectivity index (χ2n) is 8.95. The van der Waals surface area contributed by atoms with Crippen molar-refractivity contribution in [2.45, 2.75) is 38.3 Å². The summed E-state index contributed by atoms with van der Waals surface area (Å²) in [5.41, 5.74) is 4.63. The second kappa shape index (κ2) is 8.08. The van der Waals surface area contributed by atoms with E-state index in [9.17, 15) is 4.79 Å². The maximum absolute atomic E-state index is 13.3. The van der Waals surface area contributed by atoms with Crippen molar-refractivity contribution in [3.8, 4) is 11.1 Å². The molecule has 0 bridgehead atoms. The number of ketones is 1. The average molecular weight is 423 g/mol. The third-order valence-corrected chi connectivity index (χ3v) is 6.10. The fraction of sp³-hybridized carbons (Fsp3) is 0.222. The Morgan fingerprint density at radius 2 is 1.81 bits per heavy atom. The first-order valence-electron chi connectivity index (χ1n) is 10.9. The normalized spacial score (nSPS) is 16.8. The number of fused-ring (bicyclic) bond motifs is 1. The van der Waals surface area contributed by atoms with E-state index in [-0.39, 0.29) is 17.4 Å². The maximum Gasteiger partial charge on any atom is 0.172 e. The lowest BCUT2D eigenvalue weighted by Crippen LogP contribution is -2.38. The van der Waals surface area contributed by atoms with Crippen LogP contribution in [0.3, 0.4) is 0 Å². The highest BCUT2D eigenvalue weighted by molar-refractivity contribution is 6.01. The molecule has 0 spiro atoms. The van der Waals surface area contributed by atoms with Crippen LogP contribution in [-0.4, -0.2) is 20.5 Å². The molecule has 0 fully saturated rings. The first kappa shape index (κ1) is 20.2. The van der Waals surface area contributed by atoms with Gasteiger partial charge in [-0.2, -0.15) is 5.10 Å². The fourth-order valence-electron chi connectivity index (χ4n) is 4.49. The van der Waals surface area contributed by atoms with Crippen LogP contribution >= 0.6 is 0 Å². The third-order valence-electron chi connectivity index (χ3n) is 6.10. The molecular weight excluding hydrogens is 396 g/mol. The third kappa shape index (κ3) is 3.82. The van der Waals surface area contributed by atoms with Crippen LogP contribution in [0, 0.1) is 0 Å². The van der Waals surface area contributed by atoms with Gasteiger partial charge in [0, 0.05) is 12.6 Å². The minimum atomic E-state index is -0.228. The molecule has 5 rings (SSSR count). The molecular formula is C27H26N4O. The van der Waals surface area contributed by atoms with Gasteiger partial charge < -0.3 is 5.32 Å². The minimum absolute atomic E-state index is 0.0309. The molecule has 1 aliphatic heterocycles. The zero-order valence-corrected chi connectivity index (χ0v) is 18.3. The van der Waals surface area contributed by atoms with Gasteiger partial charge in [-0.1, -0.05) is 60.7 Å². The number of carbonyl (C=O) groups excluding carboxylic acids is 1. The second-order valence-corrected chi connectivity index (χ2v) is 8.95. The number of anilines is 1. The Balaban J connectivity index is 1.43. The Morgan fingerprint density at radius 3 is 2.59 bits per heavy atom. The van der Waals surface area contributed by atoms with Crippen molar-refractivity contribution in [2.75, 3.05) is 5.32 Å². The number of benzene rings is 2. The van der Waals surface area contributed by atoms with E-state index in [1.54, 1.807) is 6.20 Å². The van der Waals surface area contributed by atoms with Crippen LogP contribution in [0.2, 0.25) is 0 Å². The molecule has 1 N–H and O–H groups in total. The van der Waals surface area contributed by atoms with Crippen molar-refractivity contribution in [3.05, 3.63) is 102 Å². The van der Waals surface area contributed by atoms with E-state index >= 15 is 0 Å². The van der Waals surface area contributed by atoms with Crippen molar-refractivity contribution >= 4 is 11.6 Å². The van der Waals surface area contributed by atoms with Crippen LogP contribution in [0.1, 0.15) is 47.9 Å². The van der Waals surface area contributed by atoms with E-state index in [2.05, 4.69) is 53.5 Å². The Hall–Kier alpha value is -3.73. The number of aromatic nitrogens is 3. The molecule has 4 aromatic rings. The van der Waals surface area contributed by atoms with Gasteiger partial charge in [0.15, 0.2) is 5.78 Å². The van der Waals surface area contributed by atoms with Crippen LogP contribution in [0.15, 0.2) is 85.2 Å².